The third-order valence-electron chi connectivity index (χ3n) is 2.64. The summed E-state index contributed by atoms with van der Waals surface area (Å²) in [4.78, 5) is 12.3. The minimum Gasteiger partial charge on any atom is -0.302 e. The summed E-state index contributed by atoms with van der Waals surface area (Å²) >= 11 is 1.01. The maximum absolute atomic E-state index is 13.1. The van der Waals surface area contributed by atoms with Gasteiger partial charge in [-0.15, -0.1) is 11.8 Å². The normalized spacial score (nSPS) is 22.3. The lowest BCUT2D eigenvalue weighted by Crippen LogP contribution is -2.46. The second-order valence-electron chi connectivity index (χ2n) is 3.86. The number of hydrogen-bond donors (Lipinski definition) is 1. The van der Waals surface area contributed by atoms with Crippen LogP contribution in [-0.4, -0.2) is 28.2 Å². The second-order valence-corrected chi connectivity index (χ2v) is 4.96. The van der Waals surface area contributed by atoms with Crippen LogP contribution in [-0.2, 0) is 4.79 Å². The fraction of sp³-hybridized carbons (Fsp3) is 0.364. The predicted molar refractivity (Wildman–Crippen MR) is 62.5 cm³/mol. The standard InChI is InChI=1S/C11H11F3N2OS/c12-11(13,14)9(7-4-2-1-3-5-7)16-8(17)6-18-10(16)15/h1-5,9-10H,6,15H2. The van der Waals surface area contributed by atoms with Crippen molar-refractivity contribution in [2.45, 2.75) is 17.7 Å². The minimum atomic E-state index is -4.54. The smallest absolute Gasteiger partial charge is 0.302 e. The van der Waals surface area contributed by atoms with Gasteiger partial charge in [0.25, 0.3) is 0 Å². The lowest BCUT2D eigenvalue weighted by molar-refractivity contribution is -0.191. The molecule has 2 rings (SSSR count). The van der Waals surface area contributed by atoms with Gasteiger partial charge in [0, 0.05) is 0 Å². The van der Waals surface area contributed by atoms with E-state index in [0.29, 0.717) is 4.90 Å². The number of amides is 1. The van der Waals surface area contributed by atoms with Crippen LogP contribution >= 0.6 is 11.8 Å². The summed E-state index contributed by atoms with van der Waals surface area (Å²) in [6.45, 7) is 0. The molecule has 0 spiro atoms. The molecule has 1 aliphatic heterocycles. The van der Waals surface area contributed by atoms with Crippen LogP contribution in [0.3, 0.4) is 0 Å². The van der Waals surface area contributed by atoms with Crippen LogP contribution in [0.5, 0.6) is 0 Å². The number of carbonyl (C=O) groups excluding carboxylic acids is 1. The highest BCUT2D eigenvalue weighted by Crippen LogP contribution is 2.41. The molecule has 0 aromatic heterocycles. The quantitative estimate of drug-likeness (QED) is 0.900. The van der Waals surface area contributed by atoms with E-state index in [2.05, 4.69) is 0 Å². The average molecular weight is 276 g/mol. The Balaban J connectivity index is 2.41. The number of carbonyl (C=O) groups is 1. The summed E-state index contributed by atoms with van der Waals surface area (Å²) in [5.74, 6) is -0.598. The molecule has 1 amide bonds. The highest BCUT2D eigenvalue weighted by molar-refractivity contribution is 8.00. The fourth-order valence-electron chi connectivity index (χ4n) is 1.89. The predicted octanol–water partition coefficient (Wildman–Crippen LogP) is 2.11. The van der Waals surface area contributed by atoms with Crippen LogP contribution in [0.4, 0.5) is 13.2 Å². The van der Waals surface area contributed by atoms with Gasteiger partial charge >= 0.3 is 6.18 Å². The van der Waals surface area contributed by atoms with Crippen LogP contribution in [0.1, 0.15) is 11.6 Å². The molecule has 3 nitrogen and oxygen atoms in total. The second kappa shape index (κ2) is 4.81. The number of thioether (sulfide) groups is 1. The Labute approximate surface area is 106 Å². The van der Waals surface area contributed by atoms with Gasteiger partial charge in [0.15, 0.2) is 6.04 Å². The van der Waals surface area contributed by atoms with Crippen molar-refractivity contribution in [2.75, 3.05) is 5.75 Å². The number of alkyl halides is 3. The maximum Gasteiger partial charge on any atom is 0.413 e. The number of nitrogens with two attached hydrogens (primary N) is 1. The van der Waals surface area contributed by atoms with E-state index >= 15 is 0 Å². The van der Waals surface area contributed by atoms with E-state index in [4.69, 9.17) is 5.73 Å². The Morgan fingerprint density at radius 1 is 1.33 bits per heavy atom. The maximum atomic E-state index is 13.1. The SMILES string of the molecule is NC1SCC(=O)N1C(c1ccccc1)C(F)(F)F. The summed E-state index contributed by atoms with van der Waals surface area (Å²) in [5.41, 5.74) is 4.64. The van der Waals surface area contributed by atoms with Gasteiger partial charge in [0.1, 0.15) is 5.50 Å². The molecule has 2 N–H and O–H groups in total. The third-order valence-corrected chi connectivity index (χ3v) is 3.63. The monoisotopic (exact) mass is 276 g/mol. The van der Waals surface area contributed by atoms with Crippen molar-refractivity contribution in [2.24, 2.45) is 5.73 Å². The van der Waals surface area contributed by atoms with Crippen LogP contribution in [0, 0.1) is 0 Å². The molecule has 1 aromatic carbocycles. The van der Waals surface area contributed by atoms with Crippen molar-refractivity contribution < 1.29 is 18.0 Å². The van der Waals surface area contributed by atoms with Crippen molar-refractivity contribution in [1.82, 2.24) is 4.90 Å². The van der Waals surface area contributed by atoms with Crippen LogP contribution in [0.2, 0.25) is 0 Å². The lowest BCUT2D eigenvalue weighted by Gasteiger charge is -2.32. The van der Waals surface area contributed by atoms with Gasteiger partial charge in [-0.2, -0.15) is 13.2 Å². The molecule has 0 aliphatic carbocycles. The van der Waals surface area contributed by atoms with Gasteiger partial charge in [-0.1, -0.05) is 30.3 Å². The molecule has 1 saturated heterocycles. The van der Waals surface area contributed by atoms with Crippen LogP contribution < -0.4 is 5.73 Å². The molecule has 18 heavy (non-hydrogen) atoms. The molecule has 1 fully saturated rings. The molecule has 1 aromatic rings. The zero-order valence-corrected chi connectivity index (χ0v) is 10.0. The van der Waals surface area contributed by atoms with E-state index in [-0.39, 0.29) is 11.3 Å². The molecule has 2 unspecified atom stereocenters. The Morgan fingerprint density at radius 2 is 1.94 bits per heavy atom. The number of halogens is 3. The molecule has 1 aliphatic rings. The third kappa shape index (κ3) is 2.46. The summed E-state index contributed by atoms with van der Waals surface area (Å²) in [5, 5.41) is 0. The molecule has 2 atom stereocenters. The summed E-state index contributed by atoms with van der Waals surface area (Å²) in [6.07, 6.45) is -4.54. The number of nitrogens with zero attached hydrogens (tertiary/aromatic N) is 1. The first-order valence-electron chi connectivity index (χ1n) is 5.21. The Morgan fingerprint density at radius 3 is 2.39 bits per heavy atom. The first-order valence-corrected chi connectivity index (χ1v) is 6.26. The molecule has 98 valence electrons. The topological polar surface area (TPSA) is 46.3 Å². The minimum absolute atomic E-state index is 0.0133. The Hall–Kier alpha value is -1.21. The number of hydrogen-bond acceptors (Lipinski definition) is 3. The van der Waals surface area contributed by atoms with Gasteiger partial charge in [0.2, 0.25) is 5.91 Å². The Bertz CT molecular complexity index is 438. The van der Waals surface area contributed by atoms with E-state index in [1.165, 1.54) is 24.3 Å². The molecular formula is C11H11F3N2OS. The number of rotatable bonds is 2. The largest absolute Gasteiger partial charge is 0.413 e. The van der Waals surface area contributed by atoms with Crippen molar-refractivity contribution in [3.63, 3.8) is 0 Å². The first-order chi connectivity index (χ1) is 8.41. The molecule has 0 bridgehead atoms. The van der Waals surface area contributed by atoms with Crippen molar-refractivity contribution >= 4 is 17.7 Å². The van der Waals surface area contributed by atoms with E-state index in [1.54, 1.807) is 6.07 Å². The van der Waals surface area contributed by atoms with Gasteiger partial charge in [-0.05, 0) is 5.56 Å². The van der Waals surface area contributed by atoms with Crippen molar-refractivity contribution in [1.29, 1.82) is 0 Å². The Kier molecular flexibility index (Phi) is 3.54. The molecular weight excluding hydrogens is 265 g/mol. The summed E-state index contributed by atoms with van der Waals surface area (Å²) < 4.78 is 39.4. The zero-order chi connectivity index (χ0) is 13.3. The first kappa shape index (κ1) is 13.2. The van der Waals surface area contributed by atoms with Gasteiger partial charge < -0.3 is 10.6 Å². The van der Waals surface area contributed by atoms with Crippen molar-refractivity contribution in [3.8, 4) is 0 Å². The molecule has 0 radical (unpaired) electrons. The van der Waals surface area contributed by atoms with Crippen LogP contribution in [0.25, 0.3) is 0 Å². The fourth-order valence-corrected chi connectivity index (χ4v) is 2.75. The number of benzene rings is 1. The van der Waals surface area contributed by atoms with E-state index in [9.17, 15) is 18.0 Å². The highest BCUT2D eigenvalue weighted by atomic mass is 32.2. The highest BCUT2D eigenvalue weighted by Gasteiger charge is 2.50. The van der Waals surface area contributed by atoms with E-state index in [0.717, 1.165) is 11.8 Å². The van der Waals surface area contributed by atoms with Gasteiger partial charge in [-0.3, -0.25) is 4.79 Å². The summed E-state index contributed by atoms with van der Waals surface area (Å²) in [7, 11) is 0. The van der Waals surface area contributed by atoms with E-state index < -0.39 is 23.6 Å². The van der Waals surface area contributed by atoms with Gasteiger partial charge in [0.05, 0.1) is 5.75 Å². The average Bonchev–Trinajstić information content (AvgIpc) is 2.61. The molecule has 0 saturated carbocycles. The summed E-state index contributed by atoms with van der Waals surface area (Å²) in [6, 6.07) is 5.36. The van der Waals surface area contributed by atoms with Crippen LogP contribution in [0.15, 0.2) is 30.3 Å². The zero-order valence-electron chi connectivity index (χ0n) is 9.22. The van der Waals surface area contributed by atoms with Gasteiger partial charge in [-0.25, -0.2) is 0 Å². The lowest BCUT2D eigenvalue weighted by atomic mass is 10.1. The van der Waals surface area contributed by atoms with Crippen molar-refractivity contribution in [3.05, 3.63) is 35.9 Å². The molecule has 1 heterocycles. The molecule has 7 heteroatoms. The van der Waals surface area contributed by atoms with E-state index in [1.807, 2.05) is 0 Å².